The Hall–Kier alpha value is -0.520. The normalized spacial score (nSPS) is 27.9. The molecule has 5 nitrogen and oxygen atoms in total. The molecule has 0 radical (unpaired) electrons. The summed E-state index contributed by atoms with van der Waals surface area (Å²) < 4.78 is 9.49. The van der Waals surface area contributed by atoms with Crippen LogP contribution >= 0.6 is 12.4 Å². The maximum Gasteiger partial charge on any atom is 0.508 e. The Balaban J connectivity index is 0.00000162. The molecule has 1 saturated heterocycles. The first-order valence-electron chi connectivity index (χ1n) is 6.44. The van der Waals surface area contributed by atoms with Gasteiger partial charge in [0.2, 0.25) is 0 Å². The summed E-state index contributed by atoms with van der Waals surface area (Å²) in [6.45, 7) is 0.109. The average molecular weight is 280 g/mol. The van der Waals surface area contributed by atoms with Gasteiger partial charge in [-0.1, -0.05) is 32.1 Å². The van der Waals surface area contributed by atoms with Gasteiger partial charge in [-0.15, -0.1) is 12.4 Å². The highest BCUT2D eigenvalue weighted by molar-refractivity contribution is 5.85. The smallest absolute Gasteiger partial charge is 0.430 e. The van der Waals surface area contributed by atoms with Gasteiger partial charge < -0.3 is 20.3 Å². The molecule has 2 rings (SSSR count). The number of ether oxygens (including phenoxy) is 2. The first kappa shape index (κ1) is 15.5. The lowest BCUT2D eigenvalue weighted by Crippen LogP contribution is -2.45. The number of aliphatic hydroxyl groups excluding tert-OH is 1. The number of cyclic esters (lactones) is 2. The number of carbonyl (C=O) groups excluding carboxylic acids is 1. The van der Waals surface area contributed by atoms with Crippen LogP contribution in [0.2, 0.25) is 0 Å². The summed E-state index contributed by atoms with van der Waals surface area (Å²) in [5.41, 5.74) is 5.98. The molecular weight excluding hydrogens is 258 g/mol. The molecule has 18 heavy (non-hydrogen) atoms. The van der Waals surface area contributed by atoms with E-state index in [-0.39, 0.29) is 25.1 Å². The van der Waals surface area contributed by atoms with Gasteiger partial charge in [0, 0.05) is 6.04 Å². The molecule has 0 spiro atoms. The largest absolute Gasteiger partial charge is 0.508 e. The predicted molar refractivity (Wildman–Crippen MR) is 68.6 cm³/mol. The third-order valence-corrected chi connectivity index (χ3v) is 3.76. The van der Waals surface area contributed by atoms with Crippen molar-refractivity contribution in [3.63, 3.8) is 0 Å². The molecule has 3 atom stereocenters. The van der Waals surface area contributed by atoms with E-state index < -0.39 is 18.4 Å². The summed E-state index contributed by atoms with van der Waals surface area (Å²) in [7, 11) is 0. The number of hydrogen-bond acceptors (Lipinski definition) is 5. The van der Waals surface area contributed by atoms with Crippen molar-refractivity contribution in [1.29, 1.82) is 0 Å². The fraction of sp³-hybridized carbons (Fsp3) is 0.917. The van der Waals surface area contributed by atoms with Gasteiger partial charge in [-0.2, -0.15) is 0 Å². The van der Waals surface area contributed by atoms with E-state index in [1.54, 1.807) is 0 Å². The van der Waals surface area contributed by atoms with Gasteiger partial charge in [-0.05, 0) is 12.3 Å². The van der Waals surface area contributed by atoms with E-state index in [2.05, 4.69) is 4.74 Å². The van der Waals surface area contributed by atoms with Crippen LogP contribution in [0.3, 0.4) is 0 Å². The number of nitrogens with two attached hydrogens (primary N) is 1. The molecule has 0 amide bonds. The maximum absolute atomic E-state index is 10.8. The van der Waals surface area contributed by atoms with E-state index in [9.17, 15) is 9.90 Å². The highest BCUT2D eigenvalue weighted by Gasteiger charge is 2.35. The van der Waals surface area contributed by atoms with Crippen LogP contribution in [0.1, 0.15) is 38.5 Å². The lowest BCUT2D eigenvalue weighted by molar-refractivity contribution is 0.0119. The minimum atomic E-state index is -0.816. The maximum atomic E-state index is 10.8. The van der Waals surface area contributed by atoms with Crippen LogP contribution in [0.5, 0.6) is 0 Å². The van der Waals surface area contributed by atoms with Crippen molar-refractivity contribution in [2.45, 2.75) is 56.8 Å². The summed E-state index contributed by atoms with van der Waals surface area (Å²) in [5, 5.41) is 9.98. The summed E-state index contributed by atoms with van der Waals surface area (Å²) in [6, 6.07) is -0.336. The van der Waals surface area contributed by atoms with Crippen molar-refractivity contribution in [3.8, 4) is 0 Å². The molecule has 2 fully saturated rings. The molecule has 1 aliphatic carbocycles. The second kappa shape index (κ2) is 7.16. The highest BCUT2D eigenvalue weighted by Crippen LogP contribution is 2.28. The summed E-state index contributed by atoms with van der Waals surface area (Å²) in [5.74, 6) is 0.603. The van der Waals surface area contributed by atoms with Crippen molar-refractivity contribution in [2.24, 2.45) is 11.7 Å². The minimum absolute atomic E-state index is 0. The van der Waals surface area contributed by atoms with E-state index in [0.717, 1.165) is 6.42 Å². The number of carbonyl (C=O) groups is 1. The van der Waals surface area contributed by atoms with Gasteiger partial charge in [0.15, 0.2) is 6.10 Å². The van der Waals surface area contributed by atoms with Gasteiger partial charge >= 0.3 is 6.16 Å². The zero-order valence-corrected chi connectivity index (χ0v) is 11.2. The van der Waals surface area contributed by atoms with E-state index in [1.807, 2.05) is 0 Å². The van der Waals surface area contributed by atoms with Crippen LogP contribution in [0, 0.1) is 5.92 Å². The van der Waals surface area contributed by atoms with Crippen LogP contribution in [-0.2, 0) is 9.47 Å². The predicted octanol–water partition coefficient (Wildman–Crippen LogP) is 1.60. The molecule has 3 N–H and O–H groups in total. The molecule has 1 saturated carbocycles. The Bertz CT molecular complexity index is 271. The van der Waals surface area contributed by atoms with Crippen molar-refractivity contribution >= 4 is 18.6 Å². The van der Waals surface area contributed by atoms with Crippen molar-refractivity contribution in [2.75, 3.05) is 6.61 Å². The third-order valence-electron chi connectivity index (χ3n) is 3.76. The number of halogens is 1. The molecular formula is C12H22ClNO4. The zero-order chi connectivity index (χ0) is 12.3. The molecule has 0 aromatic heterocycles. The first-order chi connectivity index (χ1) is 8.16. The summed E-state index contributed by atoms with van der Waals surface area (Å²) >= 11 is 0. The van der Waals surface area contributed by atoms with Crippen molar-refractivity contribution in [3.05, 3.63) is 0 Å². The van der Waals surface area contributed by atoms with E-state index >= 15 is 0 Å². The van der Waals surface area contributed by atoms with E-state index in [0.29, 0.717) is 5.92 Å². The van der Waals surface area contributed by atoms with Gasteiger partial charge in [-0.25, -0.2) is 4.79 Å². The minimum Gasteiger partial charge on any atom is -0.430 e. The fourth-order valence-corrected chi connectivity index (χ4v) is 2.73. The summed E-state index contributed by atoms with van der Waals surface area (Å²) in [6.07, 6.45) is 4.90. The average Bonchev–Trinajstić information content (AvgIpc) is 2.76. The molecule has 0 bridgehead atoms. The molecule has 106 valence electrons. The number of rotatable bonds is 4. The van der Waals surface area contributed by atoms with Crippen LogP contribution in [0.25, 0.3) is 0 Å². The SMILES string of the molecule is Cl.N[C@@H](CC1CCCCC1)C(O)C1COC(=O)O1. The second-order valence-corrected chi connectivity index (χ2v) is 5.11. The van der Waals surface area contributed by atoms with Crippen LogP contribution in [-0.4, -0.2) is 36.1 Å². The lowest BCUT2D eigenvalue weighted by atomic mass is 9.83. The Morgan fingerprint density at radius 3 is 2.56 bits per heavy atom. The summed E-state index contributed by atoms with van der Waals surface area (Å²) in [4.78, 5) is 10.8. The fourth-order valence-electron chi connectivity index (χ4n) is 2.73. The standard InChI is InChI=1S/C12H21NO4.ClH/c13-9(6-8-4-2-1-3-5-8)11(14)10-7-16-12(15)17-10;/h8-11,14H,1-7,13H2;1H/t9-,10?,11?;/m0./s1. The van der Waals surface area contributed by atoms with Gasteiger partial charge in [0.1, 0.15) is 12.7 Å². The number of hydrogen-bond donors (Lipinski definition) is 2. The lowest BCUT2D eigenvalue weighted by Gasteiger charge is -2.28. The van der Waals surface area contributed by atoms with Crippen molar-refractivity contribution < 1.29 is 19.4 Å². The van der Waals surface area contributed by atoms with Gasteiger partial charge in [0.05, 0.1) is 0 Å². The third kappa shape index (κ3) is 4.00. The van der Waals surface area contributed by atoms with E-state index in [4.69, 9.17) is 10.5 Å². The monoisotopic (exact) mass is 279 g/mol. The molecule has 1 heterocycles. The zero-order valence-electron chi connectivity index (χ0n) is 10.4. The van der Waals surface area contributed by atoms with Crippen molar-refractivity contribution in [1.82, 2.24) is 0 Å². The second-order valence-electron chi connectivity index (χ2n) is 5.11. The Morgan fingerprint density at radius 1 is 1.33 bits per heavy atom. The Kier molecular flexibility index (Phi) is 6.18. The number of aliphatic hydroxyl groups is 1. The molecule has 2 aliphatic rings. The highest BCUT2D eigenvalue weighted by atomic mass is 35.5. The van der Waals surface area contributed by atoms with Crippen LogP contribution < -0.4 is 5.73 Å². The first-order valence-corrected chi connectivity index (χ1v) is 6.44. The van der Waals surface area contributed by atoms with E-state index in [1.165, 1.54) is 32.1 Å². The Morgan fingerprint density at radius 2 is 2.00 bits per heavy atom. The molecule has 0 aromatic carbocycles. The topological polar surface area (TPSA) is 81.8 Å². The van der Waals surface area contributed by atoms with Crippen LogP contribution in [0.15, 0.2) is 0 Å². The quantitative estimate of drug-likeness (QED) is 0.764. The molecule has 1 aliphatic heterocycles. The van der Waals surface area contributed by atoms with Gasteiger partial charge in [-0.3, -0.25) is 0 Å². The van der Waals surface area contributed by atoms with Gasteiger partial charge in [0.25, 0.3) is 0 Å². The van der Waals surface area contributed by atoms with Crippen LogP contribution in [0.4, 0.5) is 4.79 Å². The molecule has 0 aromatic rings. The molecule has 6 heteroatoms. The molecule has 2 unspecified atom stereocenters. The Labute approximate surface area is 113 Å².